The number of anilines is 1. The lowest BCUT2D eigenvalue weighted by atomic mass is 10.1. The van der Waals surface area contributed by atoms with Crippen LogP contribution in [0.15, 0.2) is 41.3 Å². The Morgan fingerprint density at radius 2 is 1.38 bits per heavy atom. The average Bonchev–Trinajstić information content (AvgIpc) is 2.43. The Morgan fingerprint density at radius 1 is 0.846 bits per heavy atom. The fourth-order valence-electron chi connectivity index (χ4n) is 2.36. The van der Waals surface area contributed by atoms with Crippen LogP contribution in [-0.4, -0.2) is 8.42 Å². The van der Waals surface area contributed by atoms with Crippen LogP contribution < -0.4 is 5.73 Å². The van der Waals surface area contributed by atoms with Gasteiger partial charge in [-0.3, -0.25) is 0 Å². The molecular formula is C16H13F6NO2S. The molecule has 0 heterocycles. The molecule has 0 spiro atoms. The van der Waals surface area contributed by atoms with Crippen LogP contribution in [0.25, 0.3) is 0 Å². The second-order valence-electron chi connectivity index (χ2n) is 5.75. The zero-order chi connectivity index (χ0) is 19.9. The van der Waals surface area contributed by atoms with Crippen molar-refractivity contribution in [3.8, 4) is 0 Å². The summed E-state index contributed by atoms with van der Waals surface area (Å²) in [5, 5.41) is 0. The summed E-state index contributed by atoms with van der Waals surface area (Å²) in [6.45, 7) is 1.29. The first-order valence-electron chi connectivity index (χ1n) is 7.07. The third kappa shape index (κ3) is 4.69. The van der Waals surface area contributed by atoms with E-state index >= 15 is 0 Å². The van der Waals surface area contributed by atoms with Crippen LogP contribution in [-0.2, 0) is 27.9 Å². The summed E-state index contributed by atoms with van der Waals surface area (Å²) in [7, 11) is -4.32. The van der Waals surface area contributed by atoms with E-state index in [1.807, 2.05) is 0 Å². The van der Waals surface area contributed by atoms with E-state index in [0.29, 0.717) is 18.2 Å². The number of aryl methyl sites for hydroxylation is 1. The molecule has 0 radical (unpaired) electrons. The van der Waals surface area contributed by atoms with Gasteiger partial charge in [0.05, 0.1) is 21.8 Å². The first kappa shape index (κ1) is 20.1. The van der Waals surface area contributed by atoms with Gasteiger partial charge >= 0.3 is 12.4 Å². The molecule has 0 bridgehead atoms. The summed E-state index contributed by atoms with van der Waals surface area (Å²) < 4.78 is 102. The smallest absolute Gasteiger partial charge is 0.399 e. The fourth-order valence-corrected chi connectivity index (χ4v) is 3.80. The maximum absolute atomic E-state index is 12.9. The molecule has 2 N–H and O–H groups in total. The maximum Gasteiger partial charge on any atom is 0.416 e. The molecule has 2 aromatic carbocycles. The molecule has 0 fully saturated rings. The Bertz CT molecular complexity index is 933. The maximum atomic E-state index is 12.9. The third-order valence-electron chi connectivity index (χ3n) is 3.44. The molecule has 2 aromatic rings. The molecule has 0 amide bonds. The minimum Gasteiger partial charge on any atom is -0.399 e. The molecule has 0 aromatic heterocycles. The van der Waals surface area contributed by atoms with E-state index in [0.717, 1.165) is 18.2 Å². The Morgan fingerprint density at radius 3 is 1.92 bits per heavy atom. The zero-order valence-corrected chi connectivity index (χ0v) is 14.1. The highest BCUT2D eigenvalue weighted by Crippen LogP contribution is 2.34. The summed E-state index contributed by atoms with van der Waals surface area (Å²) in [5.74, 6) is -0.915. The van der Waals surface area contributed by atoms with E-state index < -0.39 is 44.0 Å². The number of nitrogen functional groups attached to an aromatic ring is 1. The second kappa shape index (κ2) is 6.49. The summed E-state index contributed by atoms with van der Waals surface area (Å²) in [6, 6.07) is 4.55. The van der Waals surface area contributed by atoms with Crippen molar-refractivity contribution in [2.75, 3.05) is 5.73 Å². The quantitative estimate of drug-likeness (QED) is 0.609. The van der Waals surface area contributed by atoms with Crippen LogP contribution in [0.5, 0.6) is 0 Å². The van der Waals surface area contributed by atoms with E-state index in [9.17, 15) is 34.8 Å². The van der Waals surface area contributed by atoms with Crippen molar-refractivity contribution in [1.82, 2.24) is 0 Å². The van der Waals surface area contributed by atoms with Gasteiger partial charge < -0.3 is 5.73 Å². The van der Waals surface area contributed by atoms with E-state index in [-0.39, 0.29) is 16.8 Å². The molecular weight excluding hydrogens is 384 g/mol. The fraction of sp³-hybridized carbons (Fsp3) is 0.250. The summed E-state index contributed by atoms with van der Waals surface area (Å²) in [5.41, 5.74) is 2.57. The molecule has 0 saturated carbocycles. The van der Waals surface area contributed by atoms with Crippen LogP contribution in [0.1, 0.15) is 22.3 Å². The molecule has 0 aliphatic heterocycles. The van der Waals surface area contributed by atoms with Gasteiger partial charge in [-0.1, -0.05) is 0 Å². The molecule has 0 aliphatic rings. The monoisotopic (exact) mass is 397 g/mol. The molecule has 0 atom stereocenters. The highest BCUT2D eigenvalue weighted by Gasteiger charge is 2.33. The Balaban J connectivity index is 2.48. The predicted molar refractivity (Wildman–Crippen MR) is 82.9 cm³/mol. The van der Waals surface area contributed by atoms with Gasteiger partial charge in [-0.25, -0.2) is 8.42 Å². The highest BCUT2D eigenvalue weighted by atomic mass is 32.2. The lowest BCUT2D eigenvalue weighted by molar-refractivity contribution is -0.138. The average molecular weight is 397 g/mol. The minimum atomic E-state index is -4.75. The summed E-state index contributed by atoms with van der Waals surface area (Å²) in [4.78, 5) is -0.624. The molecule has 0 aliphatic carbocycles. The van der Waals surface area contributed by atoms with Crippen molar-refractivity contribution >= 4 is 15.5 Å². The van der Waals surface area contributed by atoms with Crippen molar-refractivity contribution in [2.45, 2.75) is 29.9 Å². The van der Waals surface area contributed by atoms with Crippen LogP contribution >= 0.6 is 0 Å². The van der Waals surface area contributed by atoms with Gasteiger partial charge in [0.15, 0.2) is 9.84 Å². The van der Waals surface area contributed by atoms with Gasteiger partial charge in [0, 0.05) is 5.69 Å². The molecule has 26 heavy (non-hydrogen) atoms. The Hall–Kier alpha value is -2.23. The van der Waals surface area contributed by atoms with E-state index in [4.69, 9.17) is 5.73 Å². The number of alkyl halides is 6. The Kier molecular flexibility index (Phi) is 5.02. The van der Waals surface area contributed by atoms with Crippen molar-refractivity contribution in [3.63, 3.8) is 0 Å². The first-order valence-corrected chi connectivity index (χ1v) is 8.72. The van der Waals surface area contributed by atoms with Crippen molar-refractivity contribution in [2.24, 2.45) is 0 Å². The van der Waals surface area contributed by atoms with E-state index in [2.05, 4.69) is 0 Å². The lowest BCUT2D eigenvalue weighted by Crippen LogP contribution is -2.12. The number of rotatable bonds is 3. The standard InChI is InChI=1S/C16H13F6NO2S/c1-9-2-11(15(17,18)19)7-14(3-9)26(24,25)8-10-4-12(16(20,21)22)6-13(23)5-10/h2-7H,8,23H2,1H3. The normalized spacial score (nSPS) is 13.0. The molecule has 10 heteroatoms. The number of benzene rings is 2. The molecule has 3 nitrogen and oxygen atoms in total. The molecule has 0 unspecified atom stereocenters. The predicted octanol–water partition coefficient (Wildman–Crippen LogP) is 4.59. The van der Waals surface area contributed by atoms with Crippen LogP contribution in [0.2, 0.25) is 0 Å². The van der Waals surface area contributed by atoms with Crippen molar-refractivity contribution < 1.29 is 34.8 Å². The molecule has 2 rings (SSSR count). The number of halogens is 6. The number of hydrogen-bond acceptors (Lipinski definition) is 3. The highest BCUT2D eigenvalue weighted by molar-refractivity contribution is 7.90. The van der Waals surface area contributed by atoms with Gasteiger partial charge in [-0.2, -0.15) is 26.3 Å². The van der Waals surface area contributed by atoms with Gasteiger partial charge in [0.1, 0.15) is 0 Å². The van der Waals surface area contributed by atoms with E-state index in [1.165, 1.54) is 6.92 Å². The van der Waals surface area contributed by atoms with E-state index in [1.54, 1.807) is 0 Å². The molecule has 142 valence electrons. The lowest BCUT2D eigenvalue weighted by Gasteiger charge is -2.13. The van der Waals surface area contributed by atoms with Gasteiger partial charge in [0.25, 0.3) is 0 Å². The SMILES string of the molecule is Cc1cc(C(F)(F)F)cc(S(=O)(=O)Cc2cc(N)cc(C(F)(F)F)c2)c1. The number of sulfone groups is 1. The summed E-state index contributed by atoms with van der Waals surface area (Å²) >= 11 is 0. The first-order chi connectivity index (χ1) is 11.7. The summed E-state index contributed by atoms with van der Waals surface area (Å²) in [6.07, 6.45) is -9.49. The third-order valence-corrected chi connectivity index (χ3v) is 5.10. The minimum absolute atomic E-state index is 0.0574. The Labute approximate surface area is 145 Å². The van der Waals surface area contributed by atoms with Crippen LogP contribution in [0.4, 0.5) is 32.0 Å². The van der Waals surface area contributed by atoms with Gasteiger partial charge in [-0.15, -0.1) is 0 Å². The second-order valence-corrected chi connectivity index (χ2v) is 7.74. The largest absolute Gasteiger partial charge is 0.416 e. The van der Waals surface area contributed by atoms with Crippen LogP contribution in [0, 0.1) is 6.92 Å². The van der Waals surface area contributed by atoms with Crippen molar-refractivity contribution in [3.05, 3.63) is 58.7 Å². The van der Waals surface area contributed by atoms with Gasteiger partial charge in [-0.05, 0) is 54.4 Å². The molecule has 0 saturated heterocycles. The number of nitrogens with two attached hydrogens (primary N) is 1. The zero-order valence-electron chi connectivity index (χ0n) is 13.2. The number of hydrogen-bond donors (Lipinski definition) is 1. The topological polar surface area (TPSA) is 60.2 Å². The van der Waals surface area contributed by atoms with Crippen molar-refractivity contribution in [1.29, 1.82) is 0 Å². The van der Waals surface area contributed by atoms with Crippen LogP contribution in [0.3, 0.4) is 0 Å². The van der Waals surface area contributed by atoms with Gasteiger partial charge in [0.2, 0.25) is 0 Å².